The number of carboxylic acids is 1. The summed E-state index contributed by atoms with van der Waals surface area (Å²) < 4.78 is 4.72. The molecule has 0 aliphatic heterocycles. The minimum absolute atomic E-state index is 0.00463. The molecule has 13 nitrogen and oxygen atoms in total. The highest BCUT2D eigenvalue weighted by Gasteiger charge is 2.32. The Hall–Kier alpha value is -3.22. The molecule has 0 fully saturated rings. The molecule has 0 aromatic carbocycles. The average Bonchev–Trinajstić information content (AvgIpc) is 3.05. The molecule has 0 spiro atoms. The predicted octanol–water partition coefficient (Wildman–Crippen LogP) is 5.02. The molecule has 0 saturated heterocycles. The fraction of sp³-hybridized carbons (Fsp3) is 0.846. The maximum absolute atomic E-state index is 13.6. The first-order valence-electron chi connectivity index (χ1n) is 19.6. The van der Waals surface area contributed by atoms with Gasteiger partial charge in [-0.15, -0.1) is 0 Å². The van der Waals surface area contributed by atoms with E-state index in [0.717, 1.165) is 31.6 Å². The summed E-state index contributed by atoms with van der Waals surface area (Å²) in [6, 6.07) is -4.48. The standard InChI is InChI=1S/C39H72N4O9/c1-10-28(8)17-15-13-11-12-14-16-18-29(44)24-34(45)40-30(19-20-35(46)52-9)36(47)41-31(21-25(2)3)37(48)42-32(22-26(4)5)38(49)43-33(39(50)51)23-27(6)7/h25-33,44H,10-24H2,1-9H3,(H,40,45)(H,41,47)(H,42,48)(H,43,49)(H,50,51)/t28-,29-,30+,31+,32+,33+/m1/s1. The van der Waals surface area contributed by atoms with E-state index in [1.165, 1.54) is 32.8 Å². The van der Waals surface area contributed by atoms with Crippen LogP contribution in [0, 0.1) is 23.7 Å². The van der Waals surface area contributed by atoms with E-state index < -0.39 is 65.8 Å². The Morgan fingerprint density at radius 2 is 1.00 bits per heavy atom. The van der Waals surface area contributed by atoms with Gasteiger partial charge in [0.1, 0.15) is 24.2 Å². The summed E-state index contributed by atoms with van der Waals surface area (Å²) in [5, 5.41) is 30.8. The smallest absolute Gasteiger partial charge is 0.326 e. The monoisotopic (exact) mass is 741 g/mol. The summed E-state index contributed by atoms with van der Waals surface area (Å²) >= 11 is 0. The normalized spacial score (nSPS) is 14.9. The van der Waals surface area contributed by atoms with Crippen LogP contribution in [-0.4, -0.2) is 83.2 Å². The molecule has 0 heterocycles. The van der Waals surface area contributed by atoms with Crippen LogP contribution in [0.25, 0.3) is 0 Å². The summed E-state index contributed by atoms with van der Waals surface area (Å²) in [4.78, 5) is 77.2. The lowest BCUT2D eigenvalue weighted by atomic mass is 9.98. The third kappa shape index (κ3) is 23.4. The van der Waals surface area contributed by atoms with Crippen LogP contribution in [0.5, 0.6) is 0 Å². The van der Waals surface area contributed by atoms with Crippen LogP contribution in [0.3, 0.4) is 0 Å². The van der Waals surface area contributed by atoms with Gasteiger partial charge in [-0.1, -0.05) is 107 Å². The van der Waals surface area contributed by atoms with Gasteiger partial charge in [0.05, 0.1) is 19.6 Å². The van der Waals surface area contributed by atoms with Gasteiger partial charge >= 0.3 is 11.9 Å². The number of carboxylic acid groups (broad SMARTS) is 1. The second kappa shape index (κ2) is 27.4. The number of carbonyl (C=O) groups is 6. The van der Waals surface area contributed by atoms with Crippen molar-refractivity contribution < 1.29 is 43.7 Å². The minimum atomic E-state index is -1.20. The number of aliphatic carboxylic acids is 1. The summed E-state index contributed by atoms with van der Waals surface area (Å²) in [7, 11) is 1.22. The number of esters is 1. The van der Waals surface area contributed by atoms with Gasteiger partial charge in [0.15, 0.2) is 0 Å². The Labute approximate surface area is 312 Å². The number of rotatable bonds is 29. The van der Waals surface area contributed by atoms with Crippen molar-refractivity contribution in [1.29, 1.82) is 0 Å². The summed E-state index contributed by atoms with van der Waals surface area (Å²) in [6.45, 7) is 15.6. The van der Waals surface area contributed by atoms with Crippen molar-refractivity contribution in [1.82, 2.24) is 21.3 Å². The highest BCUT2D eigenvalue weighted by molar-refractivity contribution is 5.95. The quantitative estimate of drug-likeness (QED) is 0.0450. The third-order valence-electron chi connectivity index (χ3n) is 9.12. The maximum Gasteiger partial charge on any atom is 0.326 e. The van der Waals surface area contributed by atoms with Crippen molar-refractivity contribution in [2.75, 3.05) is 7.11 Å². The molecule has 4 amide bonds. The zero-order chi connectivity index (χ0) is 39.8. The zero-order valence-electron chi connectivity index (χ0n) is 33.6. The number of hydrogen-bond donors (Lipinski definition) is 6. The van der Waals surface area contributed by atoms with Crippen molar-refractivity contribution in [3.05, 3.63) is 0 Å². The lowest BCUT2D eigenvalue weighted by Crippen LogP contribution is -2.58. The lowest BCUT2D eigenvalue weighted by Gasteiger charge is -2.27. The molecule has 0 unspecified atom stereocenters. The van der Waals surface area contributed by atoms with E-state index in [1.807, 2.05) is 41.5 Å². The molecule has 6 N–H and O–H groups in total. The average molecular weight is 741 g/mol. The number of ether oxygens (including phenoxy) is 1. The highest BCUT2D eigenvalue weighted by Crippen LogP contribution is 2.16. The van der Waals surface area contributed by atoms with Gasteiger partial charge < -0.3 is 36.2 Å². The Balaban J connectivity index is 5.56. The van der Waals surface area contributed by atoms with Gasteiger partial charge in [-0.25, -0.2) is 4.79 Å². The van der Waals surface area contributed by atoms with E-state index in [9.17, 15) is 39.0 Å². The van der Waals surface area contributed by atoms with Crippen LogP contribution in [0.1, 0.15) is 152 Å². The predicted molar refractivity (Wildman–Crippen MR) is 202 cm³/mol. The fourth-order valence-corrected chi connectivity index (χ4v) is 5.90. The minimum Gasteiger partial charge on any atom is -0.480 e. The van der Waals surface area contributed by atoms with E-state index in [4.69, 9.17) is 4.74 Å². The number of carbonyl (C=O) groups excluding carboxylic acids is 5. The summed E-state index contributed by atoms with van der Waals surface area (Å²) in [6.07, 6.45) is 8.56. The molecule has 13 heteroatoms. The van der Waals surface area contributed by atoms with E-state index >= 15 is 0 Å². The number of unbranched alkanes of at least 4 members (excludes halogenated alkanes) is 5. The molecule has 302 valence electrons. The highest BCUT2D eigenvalue weighted by atomic mass is 16.5. The van der Waals surface area contributed by atoms with E-state index in [0.29, 0.717) is 6.42 Å². The lowest BCUT2D eigenvalue weighted by molar-refractivity contribution is -0.143. The third-order valence-corrected chi connectivity index (χ3v) is 9.12. The van der Waals surface area contributed by atoms with Crippen molar-refractivity contribution >= 4 is 35.6 Å². The molecule has 0 bridgehead atoms. The number of hydrogen-bond acceptors (Lipinski definition) is 8. The van der Waals surface area contributed by atoms with Crippen LogP contribution in [-0.2, 0) is 33.5 Å². The molecule has 0 aliphatic carbocycles. The molecular weight excluding hydrogens is 668 g/mol. The van der Waals surface area contributed by atoms with Gasteiger partial charge in [-0.2, -0.15) is 0 Å². The maximum atomic E-state index is 13.6. The molecule has 52 heavy (non-hydrogen) atoms. The molecule has 6 atom stereocenters. The van der Waals surface area contributed by atoms with Crippen molar-refractivity contribution in [2.24, 2.45) is 23.7 Å². The molecule has 0 aromatic heterocycles. The topological polar surface area (TPSA) is 200 Å². The molecule has 0 aromatic rings. The fourth-order valence-electron chi connectivity index (χ4n) is 5.90. The first-order chi connectivity index (χ1) is 24.4. The number of methoxy groups -OCH3 is 1. The van der Waals surface area contributed by atoms with Gasteiger partial charge in [-0.05, 0) is 55.8 Å². The van der Waals surface area contributed by atoms with E-state index in [2.05, 4.69) is 35.1 Å². The Bertz CT molecular complexity index is 1080. The second-order valence-electron chi connectivity index (χ2n) is 15.7. The summed E-state index contributed by atoms with van der Waals surface area (Å²) in [5.74, 6) is -3.61. The zero-order valence-corrected chi connectivity index (χ0v) is 33.6. The van der Waals surface area contributed by atoms with Crippen molar-refractivity contribution in [3.63, 3.8) is 0 Å². The van der Waals surface area contributed by atoms with Gasteiger partial charge in [-0.3, -0.25) is 24.0 Å². The first kappa shape index (κ1) is 48.8. The summed E-state index contributed by atoms with van der Waals surface area (Å²) in [5.41, 5.74) is 0. The number of nitrogens with one attached hydrogen (secondary N) is 4. The number of aliphatic hydroxyl groups is 1. The van der Waals surface area contributed by atoms with Crippen LogP contribution in [0.15, 0.2) is 0 Å². The van der Waals surface area contributed by atoms with Crippen molar-refractivity contribution in [3.8, 4) is 0 Å². The molecule has 0 saturated carbocycles. The molecule has 0 radical (unpaired) electrons. The Morgan fingerprint density at radius 1 is 0.577 bits per heavy atom. The molecule has 0 rings (SSSR count). The first-order valence-corrected chi connectivity index (χ1v) is 19.6. The van der Waals surface area contributed by atoms with Crippen LogP contribution in [0.2, 0.25) is 0 Å². The van der Waals surface area contributed by atoms with Gasteiger partial charge in [0.25, 0.3) is 0 Å². The number of aliphatic hydroxyl groups excluding tert-OH is 1. The van der Waals surface area contributed by atoms with Gasteiger partial charge in [0.2, 0.25) is 23.6 Å². The van der Waals surface area contributed by atoms with Crippen LogP contribution in [0.4, 0.5) is 0 Å². The second-order valence-corrected chi connectivity index (χ2v) is 15.7. The molecular formula is C39H72N4O9. The van der Waals surface area contributed by atoms with Crippen LogP contribution >= 0.6 is 0 Å². The number of amides is 4. The van der Waals surface area contributed by atoms with Gasteiger partial charge in [0, 0.05) is 6.42 Å². The van der Waals surface area contributed by atoms with Crippen molar-refractivity contribution in [2.45, 2.75) is 182 Å². The SMILES string of the molecule is CC[C@@H](C)CCCCCCCC[C@@H](O)CC(=O)N[C@@H](CCC(=O)OC)C(=O)N[C@@H](CC(C)C)C(=O)N[C@@H](CC(C)C)C(=O)N[C@@H](CC(C)C)C(=O)O. The Kier molecular flexibility index (Phi) is 25.7. The van der Waals surface area contributed by atoms with E-state index in [-0.39, 0.29) is 56.3 Å². The Morgan fingerprint density at radius 3 is 1.44 bits per heavy atom. The largest absolute Gasteiger partial charge is 0.480 e. The molecule has 0 aliphatic rings. The van der Waals surface area contributed by atoms with E-state index in [1.54, 1.807) is 0 Å². The van der Waals surface area contributed by atoms with Crippen LogP contribution < -0.4 is 21.3 Å².